The van der Waals surface area contributed by atoms with Crippen molar-refractivity contribution < 1.29 is 31.0 Å². The Morgan fingerprint density at radius 2 is 2.08 bits per heavy atom. The lowest BCUT2D eigenvalue weighted by Gasteiger charge is -2.04. The minimum absolute atomic E-state index is 0. The van der Waals surface area contributed by atoms with E-state index < -0.39 is 0 Å². The Bertz CT molecular complexity index is 854. The Labute approximate surface area is 161 Å². The number of carbonyl (C=O) groups excluding carboxylic acids is 1. The van der Waals surface area contributed by atoms with Crippen molar-refractivity contribution in [3.8, 4) is 0 Å². The Morgan fingerprint density at radius 3 is 2.80 bits per heavy atom. The first kappa shape index (κ1) is 19.4. The van der Waals surface area contributed by atoms with Gasteiger partial charge in [0.05, 0.1) is 22.9 Å². The zero-order valence-corrected chi connectivity index (χ0v) is 16.5. The van der Waals surface area contributed by atoms with Gasteiger partial charge in [-0.15, -0.1) is 26.1 Å². The number of esters is 1. The van der Waals surface area contributed by atoms with E-state index in [-0.39, 0.29) is 28.7 Å². The minimum atomic E-state index is -0.218. The zero-order valence-electron chi connectivity index (χ0n) is 14.1. The molecule has 0 aliphatic heterocycles. The average Bonchev–Trinajstić information content (AvgIpc) is 2.96. The van der Waals surface area contributed by atoms with E-state index in [1.165, 1.54) is 11.8 Å². The molecule has 0 radical (unpaired) electrons. The van der Waals surface area contributed by atoms with E-state index in [9.17, 15) is 4.79 Å². The van der Waals surface area contributed by atoms with E-state index in [1.807, 2.05) is 42.8 Å². The standard InChI is InChI=1S/C17H19N4O2S.BrH/c1-3-23-16(22)11-24-15-9-13(2)19-21-12-18-20(17(15)21)10-14-7-5-4-6-8-14;/h4-9,12H,3,10-11H2,1-2H3;1H/q+1;/p-1. The van der Waals surface area contributed by atoms with Crippen LogP contribution in [0.4, 0.5) is 0 Å². The number of benzene rings is 1. The van der Waals surface area contributed by atoms with E-state index in [4.69, 9.17) is 4.74 Å². The maximum absolute atomic E-state index is 11.7. The fourth-order valence-corrected chi connectivity index (χ4v) is 3.36. The Kier molecular flexibility index (Phi) is 6.95. The molecule has 0 aliphatic rings. The molecule has 25 heavy (non-hydrogen) atoms. The van der Waals surface area contributed by atoms with Crippen LogP contribution in [-0.2, 0) is 16.1 Å². The van der Waals surface area contributed by atoms with E-state index in [1.54, 1.807) is 10.8 Å². The molecule has 0 amide bonds. The van der Waals surface area contributed by atoms with Crippen LogP contribution in [0.15, 0.2) is 47.6 Å². The lowest BCUT2D eigenvalue weighted by atomic mass is 10.2. The summed E-state index contributed by atoms with van der Waals surface area (Å²) in [5, 5.41) is 8.91. The number of aromatic nitrogens is 4. The fourth-order valence-electron chi connectivity index (χ4n) is 2.42. The van der Waals surface area contributed by atoms with Crippen LogP contribution in [0.5, 0.6) is 0 Å². The van der Waals surface area contributed by atoms with Crippen molar-refractivity contribution in [1.29, 1.82) is 0 Å². The van der Waals surface area contributed by atoms with Gasteiger partial charge >= 0.3 is 5.97 Å². The van der Waals surface area contributed by atoms with Gasteiger partial charge in [-0.2, -0.15) is 0 Å². The summed E-state index contributed by atoms with van der Waals surface area (Å²) in [6.45, 7) is 4.78. The number of aryl methyl sites for hydroxylation is 1. The van der Waals surface area contributed by atoms with Crippen LogP contribution >= 0.6 is 11.8 Å². The summed E-state index contributed by atoms with van der Waals surface area (Å²) in [5.74, 6) is 0.0490. The molecule has 0 spiro atoms. The molecule has 6 nitrogen and oxygen atoms in total. The summed E-state index contributed by atoms with van der Waals surface area (Å²) < 4.78 is 8.66. The monoisotopic (exact) mass is 422 g/mol. The maximum Gasteiger partial charge on any atom is 0.316 e. The first-order valence-electron chi connectivity index (χ1n) is 7.75. The highest BCUT2D eigenvalue weighted by Gasteiger charge is 2.20. The second-order valence-corrected chi connectivity index (χ2v) is 6.30. The number of nitrogens with zero attached hydrogens (tertiary/aromatic N) is 4. The summed E-state index contributed by atoms with van der Waals surface area (Å²) in [4.78, 5) is 12.6. The topological polar surface area (TPSA) is 61.1 Å². The van der Waals surface area contributed by atoms with Crippen LogP contribution in [0.2, 0.25) is 0 Å². The molecular weight excluding hydrogens is 404 g/mol. The largest absolute Gasteiger partial charge is 1.00 e. The van der Waals surface area contributed by atoms with Crippen molar-refractivity contribution in [3.63, 3.8) is 0 Å². The molecule has 0 aliphatic carbocycles. The van der Waals surface area contributed by atoms with Crippen LogP contribution in [-0.4, -0.2) is 33.2 Å². The molecule has 3 rings (SSSR count). The second-order valence-electron chi connectivity index (χ2n) is 5.29. The molecule has 3 aromatic rings. The number of halogens is 1. The normalized spacial score (nSPS) is 10.5. The molecule has 0 unspecified atom stereocenters. The lowest BCUT2D eigenvalue weighted by Crippen LogP contribution is -3.00. The quantitative estimate of drug-likeness (QED) is 0.290. The van der Waals surface area contributed by atoms with Crippen molar-refractivity contribution >= 4 is 23.4 Å². The predicted octanol–water partition coefficient (Wildman–Crippen LogP) is -0.967. The van der Waals surface area contributed by atoms with E-state index in [0.29, 0.717) is 13.2 Å². The summed E-state index contributed by atoms with van der Waals surface area (Å²) in [6, 6.07) is 12.1. The van der Waals surface area contributed by atoms with Crippen LogP contribution in [0.1, 0.15) is 18.2 Å². The van der Waals surface area contributed by atoms with Gasteiger partial charge in [-0.3, -0.25) is 4.79 Å². The van der Waals surface area contributed by atoms with Gasteiger partial charge in [-0.05, 0) is 25.5 Å². The van der Waals surface area contributed by atoms with Crippen molar-refractivity contribution in [2.24, 2.45) is 0 Å². The highest BCUT2D eigenvalue weighted by atomic mass is 79.9. The third-order valence-corrected chi connectivity index (χ3v) is 4.41. The molecule has 0 N–H and O–H groups in total. The third-order valence-electron chi connectivity index (χ3n) is 3.41. The van der Waals surface area contributed by atoms with Gasteiger partial charge in [0.2, 0.25) is 0 Å². The van der Waals surface area contributed by atoms with Gasteiger partial charge in [0.1, 0.15) is 6.54 Å². The number of ether oxygens (including phenoxy) is 1. The van der Waals surface area contributed by atoms with Crippen LogP contribution in [0, 0.1) is 6.92 Å². The third kappa shape index (κ3) is 4.79. The number of fused-ring (bicyclic) bond motifs is 1. The smallest absolute Gasteiger partial charge is 0.316 e. The molecule has 0 atom stereocenters. The zero-order chi connectivity index (χ0) is 16.9. The molecule has 2 heterocycles. The average molecular weight is 423 g/mol. The van der Waals surface area contributed by atoms with Crippen molar-refractivity contribution in [1.82, 2.24) is 14.9 Å². The van der Waals surface area contributed by atoms with Crippen molar-refractivity contribution in [3.05, 3.63) is 54.0 Å². The van der Waals surface area contributed by atoms with E-state index in [0.717, 1.165) is 21.8 Å². The van der Waals surface area contributed by atoms with E-state index >= 15 is 0 Å². The van der Waals surface area contributed by atoms with Gasteiger partial charge in [0.15, 0.2) is 0 Å². The molecule has 132 valence electrons. The van der Waals surface area contributed by atoms with Crippen LogP contribution in [0.25, 0.3) is 5.65 Å². The highest BCUT2D eigenvalue weighted by molar-refractivity contribution is 8.00. The number of thioether (sulfide) groups is 1. The summed E-state index contributed by atoms with van der Waals surface area (Å²) >= 11 is 1.45. The van der Waals surface area contributed by atoms with Gasteiger partial charge in [-0.1, -0.05) is 30.3 Å². The van der Waals surface area contributed by atoms with Crippen molar-refractivity contribution in [2.75, 3.05) is 12.4 Å². The van der Waals surface area contributed by atoms with Crippen LogP contribution in [0.3, 0.4) is 0 Å². The summed E-state index contributed by atoms with van der Waals surface area (Å²) in [5.41, 5.74) is 2.90. The molecule has 0 saturated heterocycles. The van der Waals surface area contributed by atoms with Gasteiger partial charge in [-0.25, -0.2) is 0 Å². The summed E-state index contributed by atoms with van der Waals surface area (Å²) in [7, 11) is 0. The van der Waals surface area contributed by atoms with Gasteiger partial charge in [0, 0.05) is 5.10 Å². The maximum atomic E-state index is 11.7. The molecule has 0 saturated carbocycles. The molecule has 2 aromatic heterocycles. The second kappa shape index (κ2) is 8.96. The molecule has 1 aromatic carbocycles. The number of hydrogen-bond donors (Lipinski definition) is 0. The first-order valence-corrected chi connectivity index (χ1v) is 8.73. The molecule has 0 bridgehead atoms. The number of carbonyl (C=O) groups is 1. The SMILES string of the molecule is CCOC(=O)CSc1cc(C)n[n+]2cnn(Cc3ccccc3)c12.[Br-]. The fraction of sp³-hybridized carbons (Fsp3) is 0.294. The van der Waals surface area contributed by atoms with Gasteiger partial charge < -0.3 is 21.7 Å². The number of hydrogen-bond acceptors (Lipinski definition) is 5. The predicted molar refractivity (Wildman–Crippen MR) is 90.8 cm³/mol. The minimum Gasteiger partial charge on any atom is -1.00 e. The number of rotatable bonds is 6. The molecule has 0 fully saturated rings. The highest BCUT2D eigenvalue weighted by Crippen LogP contribution is 2.22. The Hall–Kier alpha value is -1.93. The van der Waals surface area contributed by atoms with Gasteiger partial charge in [0.25, 0.3) is 12.0 Å². The lowest BCUT2D eigenvalue weighted by molar-refractivity contribution is -0.583. The Morgan fingerprint density at radius 1 is 1.32 bits per heavy atom. The summed E-state index contributed by atoms with van der Waals surface area (Å²) in [6.07, 6.45) is 1.69. The van der Waals surface area contributed by atoms with Crippen LogP contribution < -0.4 is 21.5 Å². The van der Waals surface area contributed by atoms with E-state index in [2.05, 4.69) is 22.3 Å². The Balaban J connectivity index is 0.00000225. The first-order chi connectivity index (χ1) is 11.7. The molecule has 8 heteroatoms. The molecular formula is C17H19BrN4O2S. The van der Waals surface area contributed by atoms with Crippen molar-refractivity contribution in [2.45, 2.75) is 25.3 Å².